The molecular formula is C71H29N13. The van der Waals surface area contributed by atoms with Crippen LogP contribution in [0.2, 0.25) is 0 Å². The number of hydrogen-bond donors (Lipinski definition) is 0. The second-order valence-corrected chi connectivity index (χ2v) is 19.6. The van der Waals surface area contributed by atoms with Crippen LogP contribution in [0.4, 0.5) is 0 Å². The Labute approximate surface area is 479 Å². The van der Waals surface area contributed by atoms with Gasteiger partial charge in [-0.1, -0.05) is 72.8 Å². The van der Waals surface area contributed by atoms with E-state index >= 15 is 0 Å². The number of nitrogens with zero attached hydrogens (tertiary/aromatic N) is 13. The molecule has 84 heavy (non-hydrogen) atoms. The third-order valence-corrected chi connectivity index (χ3v) is 15.1. The van der Waals surface area contributed by atoms with Crippen molar-refractivity contribution in [2.45, 2.75) is 0 Å². The predicted octanol–water partition coefficient (Wildman–Crippen LogP) is 14.8. The van der Waals surface area contributed by atoms with E-state index in [1.165, 1.54) is 30.3 Å². The second-order valence-electron chi connectivity index (χ2n) is 19.6. The van der Waals surface area contributed by atoms with E-state index in [9.17, 15) is 57.9 Å². The first-order valence-corrected chi connectivity index (χ1v) is 25.6. The van der Waals surface area contributed by atoms with Crippen molar-refractivity contribution in [3.63, 3.8) is 0 Å². The molecule has 0 aliphatic rings. The van der Waals surface area contributed by atoms with Crippen molar-refractivity contribution in [2.24, 2.45) is 0 Å². The van der Waals surface area contributed by atoms with Gasteiger partial charge in [0.1, 0.15) is 6.07 Å². The van der Waals surface area contributed by atoms with Gasteiger partial charge in [-0.2, -0.15) is 57.9 Å². The highest BCUT2D eigenvalue weighted by molar-refractivity contribution is 6.14. The van der Waals surface area contributed by atoms with E-state index in [-0.39, 0.29) is 38.9 Å². The van der Waals surface area contributed by atoms with Gasteiger partial charge < -0.3 is 9.13 Å². The van der Waals surface area contributed by atoms with Crippen molar-refractivity contribution in [3.8, 4) is 134 Å². The number of nitriles is 11. The maximum Gasteiger partial charge on any atom is 0.101 e. The first-order chi connectivity index (χ1) is 41.1. The molecule has 0 aliphatic carbocycles. The highest BCUT2D eigenvalue weighted by Gasteiger charge is 2.25. The van der Waals surface area contributed by atoms with E-state index in [0.29, 0.717) is 111 Å². The number of fused-ring (bicyclic) bond motifs is 6. The van der Waals surface area contributed by atoms with E-state index in [1.807, 2.05) is 88.0 Å². The zero-order chi connectivity index (χ0) is 58.3. The smallest absolute Gasteiger partial charge is 0.101 e. The summed E-state index contributed by atoms with van der Waals surface area (Å²) >= 11 is 0. The topological polar surface area (TPSA) is 272 Å². The van der Waals surface area contributed by atoms with Gasteiger partial charge in [-0.05, 0) is 153 Å². The Balaban J connectivity index is 1.24. The Hall–Kier alpha value is -13.8. The fourth-order valence-electron chi connectivity index (χ4n) is 11.2. The van der Waals surface area contributed by atoms with Gasteiger partial charge in [0.05, 0.1) is 155 Å². The molecule has 12 aromatic rings. The van der Waals surface area contributed by atoms with Gasteiger partial charge in [-0.3, -0.25) is 0 Å². The molecule has 12 rings (SSSR count). The molecule has 0 spiro atoms. The Kier molecular flexibility index (Phi) is 12.5. The molecule has 0 aliphatic heterocycles. The second kappa shape index (κ2) is 20.5. The van der Waals surface area contributed by atoms with Gasteiger partial charge in [0, 0.05) is 27.1 Å². The first-order valence-electron chi connectivity index (χ1n) is 25.6. The SMILES string of the molecule is N#Cc1cc(C#N)cc(-c2cc(-n3c4cc(-c5ccc(C#N)cc5C#N)ccc4c4ccc(-c5ccc(C#N)cc5C#N)cc43)c(C#N)cc2-n2c3cc(-c4ccc(C#N)cc4C#N)ccc3c3ccc(-c4ccc(C#N)cc4C#N)cc32)c1. The summed E-state index contributed by atoms with van der Waals surface area (Å²) in [6.45, 7) is 0. The summed E-state index contributed by atoms with van der Waals surface area (Å²) < 4.78 is 3.90. The molecule has 0 atom stereocenters. The molecule has 0 unspecified atom stereocenters. The summed E-state index contributed by atoms with van der Waals surface area (Å²) in [5, 5.41) is 116. The van der Waals surface area contributed by atoms with Crippen LogP contribution in [0.5, 0.6) is 0 Å². The summed E-state index contributed by atoms with van der Waals surface area (Å²) in [7, 11) is 0. The largest absolute Gasteiger partial charge is 0.309 e. The summed E-state index contributed by atoms with van der Waals surface area (Å²) in [5.74, 6) is 0. The van der Waals surface area contributed by atoms with Crippen molar-refractivity contribution in [1.29, 1.82) is 57.9 Å². The Bertz CT molecular complexity index is 5180. The first kappa shape index (κ1) is 51.0. The standard InChI is InChI=1S/C71H29N13/c72-30-41-1-9-57(52(18-41)36-78)47-5-13-61-62-14-6-48(58-10-2-42(31-73)19-53(58)37-79)25-68(62)83(67(61)24-47)66-29-65(51-22-45(34-76)17-46(23-51)35-77)71(28-56(66)40-82)84-69-26-49(59-11-3-43(32-74)20-54(59)38-80)7-15-63(69)64-16-8-50(27-70(64)84)60-12-4-44(33-75)21-55(60)39-81/h1-29H. The van der Waals surface area contributed by atoms with Gasteiger partial charge in [0.25, 0.3) is 0 Å². The van der Waals surface area contributed by atoms with Crippen molar-refractivity contribution in [2.75, 3.05) is 0 Å². The molecule has 0 bridgehead atoms. The molecule has 0 saturated heterocycles. The highest BCUT2D eigenvalue weighted by atomic mass is 15.0. The average Bonchev–Trinajstić information content (AvgIpc) is 3.05. The minimum absolute atomic E-state index is 0.160. The van der Waals surface area contributed by atoms with E-state index in [4.69, 9.17) is 0 Å². The van der Waals surface area contributed by atoms with Crippen molar-refractivity contribution >= 4 is 43.6 Å². The van der Waals surface area contributed by atoms with E-state index in [2.05, 4.69) is 66.8 Å². The Morgan fingerprint density at radius 2 is 0.500 bits per heavy atom. The van der Waals surface area contributed by atoms with Gasteiger partial charge in [-0.15, -0.1) is 0 Å². The van der Waals surface area contributed by atoms with Crippen LogP contribution in [0.3, 0.4) is 0 Å². The average molecular weight is 1060 g/mol. The molecule has 2 heterocycles. The minimum Gasteiger partial charge on any atom is -0.309 e. The third kappa shape index (κ3) is 8.33. The lowest BCUT2D eigenvalue weighted by Gasteiger charge is -2.20. The lowest BCUT2D eigenvalue weighted by Crippen LogP contribution is -2.04. The molecule has 10 aromatic carbocycles. The summed E-state index contributed by atoms with van der Waals surface area (Å²) in [5.41, 5.74) is 11.6. The molecule has 13 heteroatoms. The Morgan fingerprint density at radius 3 is 0.786 bits per heavy atom. The molecule has 2 aromatic heterocycles. The zero-order valence-corrected chi connectivity index (χ0v) is 43.6. The summed E-state index contributed by atoms with van der Waals surface area (Å²) in [4.78, 5) is 0. The van der Waals surface area contributed by atoms with Crippen molar-refractivity contribution in [1.82, 2.24) is 9.13 Å². The van der Waals surface area contributed by atoms with Crippen molar-refractivity contribution in [3.05, 3.63) is 237 Å². The van der Waals surface area contributed by atoms with Crippen LogP contribution in [0.25, 0.3) is 111 Å². The molecule has 0 radical (unpaired) electrons. The third-order valence-electron chi connectivity index (χ3n) is 15.1. The van der Waals surface area contributed by atoms with Gasteiger partial charge >= 0.3 is 0 Å². The molecule has 0 saturated carbocycles. The number of hydrogen-bond acceptors (Lipinski definition) is 11. The van der Waals surface area contributed by atoms with E-state index in [0.717, 1.165) is 21.5 Å². The summed E-state index contributed by atoms with van der Waals surface area (Å²) in [6, 6.07) is 75.1. The lowest BCUT2D eigenvalue weighted by molar-refractivity contribution is 1.14. The van der Waals surface area contributed by atoms with Crippen LogP contribution in [0.1, 0.15) is 61.2 Å². The molecule has 0 amide bonds. The number of benzene rings is 10. The molecule has 13 nitrogen and oxygen atoms in total. The number of aromatic nitrogens is 2. The fraction of sp³-hybridized carbons (Fsp3) is 0. The van der Waals surface area contributed by atoms with Gasteiger partial charge in [-0.25, -0.2) is 0 Å². The van der Waals surface area contributed by atoms with Crippen LogP contribution in [0, 0.1) is 125 Å². The number of rotatable bonds is 7. The lowest BCUT2D eigenvalue weighted by atomic mass is 9.95. The fourth-order valence-corrected chi connectivity index (χ4v) is 11.2. The highest BCUT2D eigenvalue weighted by Crippen LogP contribution is 2.45. The van der Waals surface area contributed by atoms with Crippen molar-refractivity contribution < 1.29 is 0 Å². The molecule has 0 N–H and O–H groups in total. The zero-order valence-electron chi connectivity index (χ0n) is 43.6. The van der Waals surface area contributed by atoms with Crippen LogP contribution >= 0.6 is 0 Å². The Morgan fingerprint density at radius 1 is 0.202 bits per heavy atom. The monoisotopic (exact) mass is 1060 g/mol. The van der Waals surface area contributed by atoms with E-state index in [1.54, 1.807) is 66.7 Å². The van der Waals surface area contributed by atoms with Gasteiger partial charge in [0.15, 0.2) is 0 Å². The predicted molar refractivity (Wildman–Crippen MR) is 314 cm³/mol. The van der Waals surface area contributed by atoms with Crippen LogP contribution in [0.15, 0.2) is 176 Å². The maximum atomic E-state index is 11.7. The molecular weight excluding hydrogens is 1030 g/mol. The van der Waals surface area contributed by atoms with Crippen LogP contribution < -0.4 is 0 Å². The summed E-state index contributed by atoms with van der Waals surface area (Å²) in [6.07, 6.45) is 0. The van der Waals surface area contributed by atoms with Gasteiger partial charge in [0.2, 0.25) is 0 Å². The normalized spacial score (nSPS) is 10.5. The van der Waals surface area contributed by atoms with Crippen LogP contribution in [-0.4, -0.2) is 9.13 Å². The van der Waals surface area contributed by atoms with Crippen LogP contribution in [-0.2, 0) is 0 Å². The minimum atomic E-state index is 0.160. The molecule has 0 fully saturated rings. The molecule has 378 valence electrons. The van der Waals surface area contributed by atoms with E-state index < -0.39 is 0 Å². The maximum absolute atomic E-state index is 11.7. The quantitative estimate of drug-likeness (QED) is 0.145.